The molecule has 2 rings (SSSR count). The van der Waals surface area contributed by atoms with Gasteiger partial charge in [-0.05, 0) is 25.0 Å². The molecular formula is C15H17ClFNO3. The van der Waals surface area contributed by atoms with E-state index in [1.807, 2.05) is 0 Å². The molecule has 0 spiro atoms. The molecule has 0 unspecified atom stereocenters. The number of hydrogen-bond acceptors (Lipinski definition) is 3. The zero-order valence-electron chi connectivity index (χ0n) is 11.7. The molecule has 21 heavy (non-hydrogen) atoms. The van der Waals surface area contributed by atoms with Gasteiger partial charge in [-0.2, -0.15) is 0 Å². The van der Waals surface area contributed by atoms with Crippen LogP contribution in [-0.2, 0) is 14.3 Å². The Morgan fingerprint density at radius 1 is 1.48 bits per heavy atom. The highest BCUT2D eigenvalue weighted by molar-refractivity contribution is 6.31. The van der Waals surface area contributed by atoms with Gasteiger partial charge in [0.05, 0.1) is 12.5 Å². The van der Waals surface area contributed by atoms with Gasteiger partial charge in [-0.15, -0.1) is 0 Å². The summed E-state index contributed by atoms with van der Waals surface area (Å²) in [5.74, 6) is -1.34. The minimum Gasteiger partial charge on any atom is -0.465 e. The highest BCUT2D eigenvalue weighted by Crippen LogP contribution is 2.51. The van der Waals surface area contributed by atoms with E-state index >= 15 is 0 Å². The number of amides is 1. The van der Waals surface area contributed by atoms with Crippen LogP contribution in [0.4, 0.5) is 4.39 Å². The van der Waals surface area contributed by atoms with Gasteiger partial charge < -0.3 is 10.1 Å². The lowest BCUT2D eigenvalue weighted by Crippen LogP contribution is -2.22. The van der Waals surface area contributed by atoms with Crippen LogP contribution in [0.5, 0.6) is 0 Å². The van der Waals surface area contributed by atoms with Crippen molar-refractivity contribution in [2.24, 2.45) is 5.92 Å². The van der Waals surface area contributed by atoms with Crippen molar-refractivity contribution in [2.75, 3.05) is 13.2 Å². The first-order valence-electron chi connectivity index (χ1n) is 6.85. The van der Waals surface area contributed by atoms with Crippen LogP contribution in [0.15, 0.2) is 18.2 Å². The number of rotatable bonds is 6. The van der Waals surface area contributed by atoms with Crippen molar-refractivity contribution in [1.29, 1.82) is 0 Å². The van der Waals surface area contributed by atoms with Crippen molar-refractivity contribution in [2.45, 2.75) is 25.7 Å². The fourth-order valence-corrected chi connectivity index (χ4v) is 2.56. The van der Waals surface area contributed by atoms with Gasteiger partial charge in [-0.25, -0.2) is 4.39 Å². The molecule has 1 aliphatic carbocycles. The number of benzene rings is 1. The molecule has 2 atom stereocenters. The van der Waals surface area contributed by atoms with Crippen LogP contribution in [0.1, 0.15) is 31.2 Å². The Labute approximate surface area is 127 Å². The highest BCUT2D eigenvalue weighted by atomic mass is 35.5. The molecule has 1 aromatic rings. The van der Waals surface area contributed by atoms with Gasteiger partial charge in [0.15, 0.2) is 0 Å². The first-order valence-corrected chi connectivity index (χ1v) is 7.23. The van der Waals surface area contributed by atoms with Crippen molar-refractivity contribution in [3.63, 3.8) is 0 Å². The maximum absolute atomic E-state index is 13.7. The van der Waals surface area contributed by atoms with E-state index in [-0.39, 0.29) is 36.1 Å². The van der Waals surface area contributed by atoms with Crippen molar-refractivity contribution in [3.05, 3.63) is 34.6 Å². The second-order valence-corrected chi connectivity index (χ2v) is 5.50. The summed E-state index contributed by atoms with van der Waals surface area (Å²) in [5.41, 5.74) is 0.402. The molecule has 1 aliphatic rings. The van der Waals surface area contributed by atoms with E-state index in [0.29, 0.717) is 30.0 Å². The van der Waals surface area contributed by atoms with Gasteiger partial charge in [0.25, 0.3) is 0 Å². The quantitative estimate of drug-likeness (QED) is 0.649. The number of nitrogens with one attached hydrogen (secondary N) is 1. The van der Waals surface area contributed by atoms with Gasteiger partial charge in [0, 0.05) is 30.0 Å². The minimum atomic E-state index is -0.381. The summed E-state index contributed by atoms with van der Waals surface area (Å²) < 4.78 is 18.9. The van der Waals surface area contributed by atoms with Gasteiger partial charge in [0.1, 0.15) is 5.82 Å². The third kappa shape index (κ3) is 4.17. The predicted octanol–water partition coefficient (Wildman–Crippen LogP) is 2.65. The molecule has 6 heteroatoms. The van der Waals surface area contributed by atoms with E-state index in [4.69, 9.17) is 16.3 Å². The minimum absolute atomic E-state index is 0.113. The van der Waals surface area contributed by atoms with E-state index in [1.54, 1.807) is 12.1 Å². The second-order valence-electron chi connectivity index (χ2n) is 5.09. The smallest absolute Gasteiger partial charge is 0.309 e. The lowest BCUT2D eigenvalue weighted by Gasteiger charge is -2.06. The summed E-state index contributed by atoms with van der Waals surface area (Å²) in [5, 5.41) is 2.96. The first kappa shape index (κ1) is 15.8. The molecule has 0 bridgehead atoms. The van der Waals surface area contributed by atoms with Crippen LogP contribution in [0.3, 0.4) is 0 Å². The molecule has 0 radical (unpaired) electrons. The van der Waals surface area contributed by atoms with E-state index in [9.17, 15) is 14.0 Å². The Morgan fingerprint density at radius 2 is 2.24 bits per heavy atom. The predicted molar refractivity (Wildman–Crippen MR) is 76.5 cm³/mol. The molecule has 4 nitrogen and oxygen atoms in total. The van der Waals surface area contributed by atoms with E-state index in [2.05, 4.69) is 5.32 Å². The summed E-state index contributed by atoms with van der Waals surface area (Å²) in [6, 6.07) is 4.50. The van der Waals surface area contributed by atoms with Crippen molar-refractivity contribution in [1.82, 2.24) is 5.32 Å². The number of esters is 1. The van der Waals surface area contributed by atoms with Crippen molar-refractivity contribution < 1.29 is 18.7 Å². The number of ether oxygens (including phenoxy) is 1. The first-order chi connectivity index (χ1) is 10.0. The van der Waals surface area contributed by atoms with E-state index in [0.717, 1.165) is 0 Å². The Bertz CT molecular complexity index is 529. The third-order valence-corrected chi connectivity index (χ3v) is 3.73. The number of carbonyl (C=O) groups is 2. The molecule has 0 aromatic heterocycles. The topological polar surface area (TPSA) is 55.4 Å². The monoisotopic (exact) mass is 313 g/mol. The summed E-state index contributed by atoms with van der Waals surface area (Å²) in [7, 11) is 0. The van der Waals surface area contributed by atoms with Crippen LogP contribution in [0, 0.1) is 11.7 Å². The van der Waals surface area contributed by atoms with Gasteiger partial charge in [-0.3, -0.25) is 9.59 Å². The van der Waals surface area contributed by atoms with Crippen LogP contribution >= 0.6 is 11.6 Å². The van der Waals surface area contributed by atoms with Crippen LogP contribution in [0.25, 0.3) is 0 Å². The number of hydrogen-bond donors (Lipinski definition) is 1. The third-order valence-electron chi connectivity index (χ3n) is 3.40. The molecule has 0 aliphatic heterocycles. The van der Waals surface area contributed by atoms with Crippen molar-refractivity contribution >= 4 is 23.5 Å². The number of carbonyl (C=O) groups excluding carboxylic acids is 2. The van der Waals surface area contributed by atoms with Crippen LogP contribution in [-0.4, -0.2) is 25.0 Å². The van der Waals surface area contributed by atoms with Crippen molar-refractivity contribution in [3.8, 4) is 0 Å². The molecule has 1 saturated carbocycles. The van der Waals surface area contributed by atoms with Gasteiger partial charge >= 0.3 is 5.97 Å². The summed E-state index contributed by atoms with van der Waals surface area (Å²) in [4.78, 5) is 22.5. The highest BCUT2D eigenvalue weighted by Gasteiger charge is 2.47. The zero-order chi connectivity index (χ0) is 15.4. The summed E-state index contributed by atoms with van der Waals surface area (Å²) in [6.07, 6.45) is 1.12. The number of halogens is 2. The molecule has 1 fully saturated rings. The molecule has 0 saturated heterocycles. The zero-order valence-corrected chi connectivity index (χ0v) is 12.5. The van der Waals surface area contributed by atoms with Gasteiger partial charge in [-0.1, -0.05) is 17.7 Å². The normalized spacial score (nSPS) is 20.0. The lowest BCUT2D eigenvalue weighted by atomic mass is 10.1. The largest absolute Gasteiger partial charge is 0.465 e. The fourth-order valence-electron chi connectivity index (χ4n) is 2.26. The summed E-state index contributed by atoms with van der Waals surface area (Å²) >= 11 is 5.98. The van der Waals surface area contributed by atoms with E-state index < -0.39 is 0 Å². The van der Waals surface area contributed by atoms with E-state index in [1.165, 1.54) is 13.0 Å². The Kier molecular flexibility index (Phi) is 5.17. The average molecular weight is 314 g/mol. The standard InChI is InChI=1S/C15H17ClFNO3/c1-9(19)18-6-3-7-21-15(20)11-8-10(11)14-12(16)4-2-5-13(14)17/h2,4-5,10-11H,3,6-8H2,1H3,(H,18,19)/t10-,11+/m0/s1. The lowest BCUT2D eigenvalue weighted by molar-refractivity contribution is -0.145. The average Bonchev–Trinajstić information content (AvgIpc) is 3.18. The molecule has 1 amide bonds. The fraction of sp³-hybridized carbons (Fsp3) is 0.467. The summed E-state index contributed by atoms with van der Waals surface area (Å²) in [6.45, 7) is 2.14. The maximum atomic E-state index is 13.7. The molecule has 1 aromatic carbocycles. The SMILES string of the molecule is CC(=O)NCCCOC(=O)[C@@H]1C[C@@H]1c1c(F)cccc1Cl. The second kappa shape index (κ2) is 6.89. The molecular weight excluding hydrogens is 297 g/mol. The molecule has 1 N–H and O–H groups in total. The molecule has 0 heterocycles. The Hall–Kier alpha value is -1.62. The van der Waals surface area contributed by atoms with Gasteiger partial charge in [0.2, 0.25) is 5.91 Å². The Morgan fingerprint density at radius 3 is 2.90 bits per heavy atom. The Balaban J connectivity index is 1.78. The molecule has 114 valence electrons. The van der Waals surface area contributed by atoms with Crippen LogP contribution in [0.2, 0.25) is 5.02 Å². The van der Waals surface area contributed by atoms with Crippen LogP contribution < -0.4 is 5.32 Å². The maximum Gasteiger partial charge on any atom is 0.309 e.